The Kier molecular flexibility index (Phi) is 9.00. The fourth-order valence-corrected chi connectivity index (χ4v) is 1.82. The molecule has 2 heteroatoms. The smallest absolute Gasteiger partial charge is 0.0218 e. The van der Waals surface area contributed by atoms with Crippen LogP contribution in [0, 0.1) is 5.92 Å². The van der Waals surface area contributed by atoms with Gasteiger partial charge in [-0.3, -0.25) is 0 Å². The minimum atomic E-state index is 0.496. The lowest BCUT2D eigenvalue weighted by Crippen LogP contribution is -2.42. The zero-order valence-electron chi connectivity index (χ0n) is 9.92. The van der Waals surface area contributed by atoms with Gasteiger partial charge in [0.1, 0.15) is 0 Å². The third kappa shape index (κ3) is 5.40. The maximum absolute atomic E-state index is 5.76. The van der Waals surface area contributed by atoms with Gasteiger partial charge in [-0.25, -0.2) is 0 Å². The topological polar surface area (TPSA) is 38.0 Å². The molecular formula is C12H26N2. The van der Waals surface area contributed by atoms with E-state index in [0.29, 0.717) is 6.04 Å². The second-order valence-electron chi connectivity index (χ2n) is 3.73. The number of hydrogen-bond donors (Lipinski definition) is 2. The van der Waals surface area contributed by atoms with Gasteiger partial charge in [-0.15, -0.1) is 0 Å². The van der Waals surface area contributed by atoms with E-state index < -0.39 is 0 Å². The van der Waals surface area contributed by atoms with Gasteiger partial charge in [0, 0.05) is 12.6 Å². The summed E-state index contributed by atoms with van der Waals surface area (Å²) >= 11 is 0. The van der Waals surface area contributed by atoms with E-state index in [1.165, 1.54) is 12.8 Å². The van der Waals surface area contributed by atoms with Crippen molar-refractivity contribution in [3.63, 3.8) is 0 Å². The van der Waals surface area contributed by atoms with Crippen molar-refractivity contribution in [2.24, 2.45) is 11.7 Å². The van der Waals surface area contributed by atoms with Crippen LogP contribution >= 0.6 is 0 Å². The molecule has 0 aromatic rings. The number of nitrogens with two attached hydrogens (primary N) is 1. The van der Waals surface area contributed by atoms with E-state index in [9.17, 15) is 0 Å². The quantitative estimate of drug-likeness (QED) is 0.464. The van der Waals surface area contributed by atoms with Gasteiger partial charge < -0.3 is 11.1 Å². The standard InChI is InChI=1S/C12H26N2/c1-4-7-8-9-14-12(10-13)11(5-2)6-3/h4,7,11-12,14H,5-6,8-10,13H2,1-3H3/b7-4+. The average molecular weight is 198 g/mol. The molecule has 3 N–H and O–H groups in total. The summed E-state index contributed by atoms with van der Waals surface area (Å²) in [6.45, 7) is 8.33. The molecule has 0 saturated heterocycles. The van der Waals surface area contributed by atoms with Gasteiger partial charge in [0.05, 0.1) is 0 Å². The Morgan fingerprint density at radius 1 is 1.29 bits per heavy atom. The second kappa shape index (κ2) is 9.22. The lowest BCUT2D eigenvalue weighted by molar-refractivity contribution is 0.341. The first kappa shape index (κ1) is 13.7. The zero-order valence-corrected chi connectivity index (χ0v) is 9.92. The summed E-state index contributed by atoms with van der Waals surface area (Å²) in [5.74, 6) is 0.727. The average Bonchev–Trinajstić information content (AvgIpc) is 2.23. The van der Waals surface area contributed by atoms with E-state index in [1.54, 1.807) is 0 Å². The van der Waals surface area contributed by atoms with Crippen molar-refractivity contribution < 1.29 is 0 Å². The first-order valence-electron chi connectivity index (χ1n) is 5.84. The van der Waals surface area contributed by atoms with E-state index in [0.717, 1.165) is 25.4 Å². The predicted octanol–water partition coefficient (Wildman–Crippen LogP) is 2.31. The SMILES string of the molecule is C/C=C/CCNC(CN)C(CC)CC. The highest BCUT2D eigenvalue weighted by Crippen LogP contribution is 2.12. The van der Waals surface area contributed by atoms with Gasteiger partial charge in [0.25, 0.3) is 0 Å². The van der Waals surface area contributed by atoms with Crippen LogP contribution in [0.4, 0.5) is 0 Å². The summed E-state index contributed by atoms with van der Waals surface area (Å²) in [6, 6.07) is 0.496. The van der Waals surface area contributed by atoms with Gasteiger partial charge in [-0.05, 0) is 25.8 Å². The molecule has 0 saturated carbocycles. The molecule has 0 amide bonds. The van der Waals surface area contributed by atoms with Crippen LogP contribution < -0.4 is 11.1 Å². The monoisotopic (exact) mass is 198 g/mol. The second-order valence-corrected chi connectivity index (χ2v) is 3.73. The van der Waals surface area contributed by atoms with Crippen LogP contribution in [-0.2, 0) is 0 Å². The van der Waals surface area contributed by atoms with Crippen LogP contribution in [0.5, 0.6) is 0 Å². The Balaban J connectivity index is 3.76. The molecule has 0 fully saturated rings. The van der Waals surface area contributed by atoms with Gasteiger partial charge in [0.2, 0.25) is 0 Å². The Morgan fingerprint density at radius 3 is 2.36 bits per heavy atom. The van der Waals surface area contributed by atoms with Crippen molar-refractivity contribution >= 4 is 0 Å². The Hall–Kier alpha value is -0.340. The lowest BCUT2D eigenvalue weighted by atomic mass is 9.94. The molecule has 0 aromatic carbocycles. The molecule has 0 aromatic heterocycles. The van der Waals surface area contributed by atoms with Crippen molar-refractivity contribution in [2.45, 2.75) is 46.1 Å². The summed E-state index contributed by atoms with van der Waals surface area (Å²) in [5, 5.41) is 3.53. The lowest BCUT2D eigenvalue weighted by Gasteiger charge is -2.24. The van der Waals surface area contributed by atoms with Crippen molar-refractivity contribution in [1.29, 1.82) is 0 Å². The van der Waals surface area contributed by atoms with Crippen LogP contribution in [0.1, 0.15) is 40.0 Å². The van der Waals surface area contributed by atoms with Gasteiger partial charge in [-0.1, -0.05) is 38.8 Å². The Morgan fingerprint density at radius 2 is 1.93 bits per heavy atom. The van der Waals surface area contributed by atoms with E-state index in [4.69, 9.17) is 5.73 Å². The number of hydrogen-bond acceptors (Lipinski definition) is 2. The normalized spacial score (nSPS) is 14.1. The predicted molar refractivity (Wildman–Crippen MR) is 64.3 cm³/mol. The minimum absolute atomic E-state index is 0.496. The van der Waals surface area contributed by atoms with Crippen molar-refractivity contribution in [2.75, 3.05) is 13.1 Å². The summed E-state index contributed by atoms with van der Waals surface area (Å²) in [6.07, 6.45) is 7.82. The fourth-order valence-electron chi connectivity index (χ4n) is 1.82. The van der Waals surface area contributed by atoms with Crippen LogP contribution in [0.3, 0.4) is 0 Å². The molecule has 0 heterocycles. The summed E-state index contributed by atoms with van der Waals surface area (Å²) in [5.41, 5.74) is 5.76. The zero-order chi connectivity index (χ0) is 10.8. The molecule has 0 aliphatic carbocycles. The van der Waals surface area contributed by atoms with Gasteiger partial charge >= 0.3 is 0 Å². The van der Waals surface area contributed by atoms with Crippen LogP contribution in [0.25, 0.3) is 0 Å². The van der Waals surface area contributed by atoms with Crippen LogP contribution in [0.2, 0.25) is 0 Å². The molecule has 1 unspecified atom stereocenters. The van der Waals surface area contributed by atoms with Crippen molar-refractivity contribution in [1.82, 2.24) is 5.32 Å². The molecule has 0 aliphatic heterocycles. The molecule has 0 bridgehead atoms. The molecule has 1 atom stereocenters. The number of nitrogens with one attached hydrogen (secondary N) is 1. The first-order valence-corrected chi connectivity index (χ1v) is 5.84. The van der Waals surface area contributed by atoms with E-state index in [1.807, 2.05) is 0 Å². The maximum atomic E-state index is 5.76. The van der Waals surface area contributed by atoms with E-state index >= 15 is 0 Å². The summed E-state index contributed by atoms with van der Waals surface area (Å²) in [4.78, 5) is 0. The first-order chi connectivity index (χ1) is 6.79. The largest absolute Gasteiger partial charge is 0.329 e. The van der Waals surface area contributed by atoms with Crippen LogP contribution in [0.15, 0.2) is 12.2 Å². The number of allylic oxidation sites excluding steroid dienone is 1. The third-order valence-electron chi connectivity index (χ3n) is 2.82. The Labute approximate surface area is 89.0 Å². The fraction of sp³-hybridized carbons (Fsp3) is 0.833. The highest BCUT2D eigenvalue weighted by Gasteiger charge is 2.15. The van der Waals surface area contributed by atoms with Crippen molar-refractivity contribution in [3.05, 3.63) is 12.2 Å². The van der Waals surface area contributed by atoms with Gasteiger partial charge in [0.15, 0.2) is 0 Å². The molecule has 2 nitrogen and oxygen atoms in total. The molecule has 14 heavy (non-hydrogen) atoms. The Bertz CT molecular complexity index is 139. The molecule has 0 aliphatic rings. The summed E-state index contributed by atoms with van der Waals surface area (Å²) < 4.78 is 0. The van der Waals surface area contributed by atoms with Crippen molar-refractivity contribution in [3.8, 4) is 0 Å². The molecular weight excluding hydrogens is 172 g/mol. The minimum Gasteiger partial charge on any atom is -0.329 e. The summed E-state index contributed by atoms with van der Waals surface area (Å²) in [7, 11) is 0. The molecule has 0 spiro atoms. The molecule has 0 radical (unpaired) electrons. The van der Waals surface area contributed by atoms with E-state index in [2.05, 4.69) is 38.2 Å². The highest BCUT2D eigenvalue weighted by atomic mass is 14.9. The molecule has 0 rings (SSSR count). The van der Waals surface area contributed by atoms with E-state index in [-0.39, 0.29) is 0 Å². The maximum Gasteiger partial charge on any atom is 0.0218 e. The molecule has 84 valence electrons. The third-order valence-corrected chi connectivity index (χ3v) is 2.82. The highest BCUT2D eigenvalue weighted by molar-refractivity contribution is 4.80. The van der Waals surface area contributed by atoms with Crippen LogP contribution in [-0.4, -0.2) is 19.1 Å². The number of rotatable bonds is 8. The van der Waals surface area contributed by atoms with Gasteiger partial charge in [-0.2, -0.15) is 0 Å².